The lowest BCUT2D eigenvalue weighted by Crippen LogP contribution is -2.06. The normalized spacial score (nSPS) is 11.7. The van der Waals surface area contributed by atoms with Crippen LogP contribution in [0.2, 0.25) is 0 Å². The summed E-state index contributed by atoms with van der Waals surface area (Å²) in [6.45, 7) is 1.74. The Balaban J connectivity index is 3.14. The van der Waals surface area contributed by atoms with Crippen molar-refractivity contribution in [3.05, 3.63) is 34.9 Å². The smallest absolute Gasteiger partial charge is 0.166 e. The predicted molar refractivity (Wildman–Crippen MR) is 45.6 cm³/mol. The molecule has 1 aromatic rings. The highest BCUT2D eigenvalue weighted by Crippen LogP contribution is 2.30. The summed E-state index contributed by atoms with van der Waals surface area (Å²) in [5.41, 5.74) is 0.684. The molecule has 1 aromatic carbocycles. The standard InChI is InChI=1S/C9H8BF3/c1-6-2-3-8(9(11,12)13)4-7(6)5-10/h2-4H,5H2,1H3. The monoisotopic (exact) mass is 184 g/mol. The minimum Gasteiger partial charge on any atom is -0.166 e. The van der Waals surface area contributed by atoms with Gasteiger partial charge in [-0.15, -0.1) is 0 Å². The molecule has 0 bridgehead atoms. The van der Waals surface area contributed by atoms with E-state index in [-0.39, 0.29) is 6.32 Å². The molecule has 0 nitrogen and oxygen atoms in total. The summed E-state index contributed by atoms with van der Waals surface area (Å²) in [4.78, 5) is 0. The van der Waals surface area contributed by atoms with Crippen LogP contribution in [-0.4, -0.2) is 7.85 Å². The van der Waals surface area contributed by atoms with Crippen LogP contribution in [0.3, 0.4) is 0 Å². The second-order valence-corrected chi connectivity index (χ2v) is 2.84. The third-order valence-electron chi connectivity index (χ3n) is 1.90. The van der Waals surface area contributed by atoms with Gasteiger partial charge in [-0.2, -0.15) is 13.2 Å². The molecule has 0 fully saturated rings. The van der Waals surface area contributed by atoms with Crippen molar-refractivity contribution < 1.29 is 13.2 Å². The molecule has 68 valence electrons. The average molecular weight is 184 g/mol. The molecule has 0 aliphatic carbocycles. The maximum absolute atomic E-state index is 12.2. The molecule has 0 aliphatic heterocycles. The SMILES string of the molecule is [B]Cc1cc(C(F)(F)F)ccc1C. The van der Waals surface area contributed by atoms with Crippen molar-refractivity contribution in [1.29, 1.82) is 0 Å². The Bertz CT molecular complexity index is 304. The summed E-state index contributed by atoms with van der Waals surface area (Å²) >= 11 is 0. The zero-order valence-corrected chi connectivity index (χ0v) is 7.15. The van der Waals surface area contributed by atoms with Crippen molar-refractivity contribution in [3.8, 4) is 0 Å². The van der Waals surface area contributed by atoms with Crippen LogP contribution in [0.1, 0.15) is 16.7 Å². The number of halogens is 3. The third-order valence-corrected chi connectivity index (χ3v) is 1.90. The molecule has 0 saturated carbocycles. The first-order valence-electron chi connectivity index (χ1n) is 3.82. The van der Waals surface area contributed by atoms with Gasteiger partial charge in [0.25, 0.3) is 0 Å². The van der Waals surface area contributed by atoms with Gasteiger partial charge in [-0.25, -0.2) is 0 Å². The van der Waals surface area contributed by atoms with E-state index in [9.17, 15) is 13.2 Å². The Morgan fingerprint density at radius 2 is 1.92 bits per heavy atom. The van der Waals surface area contributed by atoms with E-state index < -0.39 is 11.7 Å². The van der Waals surface area contributed by atoms with Crippen LogP contribution < -0.4 is 0 Å². The first kappa shape index (κ1) is 10.2. The van der Waals surface area contributed by atoms with Gasteiger partial charge in [0.05, 0.1) is 13.4 Å². The second kappa shape index (κ2) is 3.44. The number of hydrogen-bond donors (Lipinski definition) is 0. The maximum Gasteiger partial charge on any atom is 0.416 e. The van der Waals surface area contributed by atoms with Crippen LogP contribution >= 0.6 is 0 Å². The molecular weight excluding hydrogens is 176 g/mol. The minimum absolute atomic E-state index is 0.135. The summed E-state index contributed by atoms with van der Waals surface area (Å²) in [5, 5.41) is 0. The largest absolute Gasteiger partial charge is 0.416 e. The third kappa shape index (κ3) is 2.26. The molecule has 0 unspecified atom stereocenters. The Morgan fingerprint density at radius 1 is 1.31 bits per heavy atom. The van der Waals surface area contributed by atoms with E-state index in [1.807, 2.05) is 0 Å². The number of hydrogen-bond acceptors (Lipinski definition) is 0. The molecule has 0 aromatic heterocycles. The van der Waals surface area contributed by atoms with Gasteiger partial charge in [0.2, 0.25) is 0 Å². The van der Waals surface area contributed by atoms with Gasteiger partial charge in [-0.3, -0.25) is 0 Å². The number of alkyl halides is 3. The quantitative estimate of drug-likeness (QED) is 0.588. The van der Waals surface area contributed by atoms with E-state index >= 15 is 0 Å². The van der Waals surface area contributed by atoms with Gasteiger partial charge < -0.3 is 0 Å². The van der Waals surface area contributed by atoms with Crippen LogP contribution in [0.4, 0.5) is 13.2 Å². The van der Waals surface area contributed by atoms with E-state index in [0.29, 0.717) is 5.56 Å². The summed E-state index contributed by atoms with van der Waals surface area (Å²) in [6, 6.07) is 3.59. The maximum atomic E-state index is 12.2. The van der Waals surface area contributed by atoms with Crippen molar-refractivity contribution in [1.82, 2.24) is 0 Å². The predicted octanol–water partition coefficient (Wildman–Crippen LogP) is 2.68. The van der Waals surface area contributed by atoms with Crippen molar-refractivity contribution in [3.63, 3.8) is 0 Å². The molecular formula is C9H8BF3. The zero-order valence-electron chi connectivity index (χ0n) is 7.15. The molecule has 0 heterocycles. The minimum atomic E-state index is -4.28. The van der Waals surface area contributed by atoms with Gasteiger partial charge >= 0.3 is 6.18 Å². The lowest BCUT2D eigenvalue weighted by atomic mass is 9.92. The molecule has 0 aliphatic rings. The molecule has 4 heteroatoms. The van der Waals surface area contributed by atoms with Crippen LogP contribution in [-0.2, 0) is 12.5 Å². The fraction of sp³-hybridized carbons (Fsp3) is 0.333. The van der Waals surface area contributed by atoms with Gasteiger partial charge in [-0.05, 0) is 24.6 Å². The van der Waals surface area contributed by atoms with Crippen LogP contribution in [0.25, 0.3) is 0 Å². The summed E-state index contributed by atoms with van der Waals surface area (Å²) in [5.74, 6) is 0. The van der Waals surface area contributed by atoms with Gasteiger partial charge in [0.15, 0.2) is 0 Å². The molecule has 0 N–H and O–H groups in total. The number of aryl methyl sites for hydroxylation is 1. The van der Waals surface area contributed by atoms with Crippen molar-refractivity contribution in [2.24, 2.45) is 0 Å². The van der Waals surface area contributed by atoms with Crippen molar-refractivity contribution in [2.45, 2.75) is 19.4 Å². The van der Waals surface area contributed by atoms with E-state index in [1.165, 1.54) is 6.07 Å². The van der Waals surface area contributed by atoms with E-state index in [1.54, 1.807) is 6.92 Å². The highest BCUT2D eigenvalue weighted by atomic mass is 19.4. The average Bonchev–Trinajstić information content (AvgIpc) is 2.03. The molecule has 0 saturated heterocycles. The molecule has 1 rings (SSSR count). The lowest BCUT2D eigenvalue weighted by Gasteiger charge is -2.09. The van der Waals surface area contributed by atoms with Crippen molar-refractivity contribution in [2.75, 3.05) is 0 Å². The van der Waals surface area contributed by atoms with Crippen LogP contribution in [0.15, 0.2) is 18.2 Å². The number of benzene rings is 1. The van der Waals surface area contributed by atoms with Gasteiger partial charge in [-0.1, -0.05) is 17.9 Å². The van der Waals surface area contributed by atoms with E-state index in [4.69, 9.17) is 7.85 Å². The summed E-state index contributed by atoms with van der Waals surface area (Å²) in [7, 11) is 5.30. The summed E-state index contributed by atoms with van der Waals surface area (Å²) < 4.78 is 36.6. The van der Waals surface area contributed by atoms with Crippen LogP contribution in [0.5, 0.6) is 0 Å². The zero-order chi connectivity index (χ0) is 10.1. The Hall–Kier alpha value is -0.925. The molecule has 0 amide bonds. The van der Waals surface area contributed by atoms with Gasteiger partial charge in [0.1, 0.15) is 0 Å². The number of rotatable bonds is 1. The topological polar surface area (TPSA) is 0 Å². The molecule has 0 atom stereocenters. The highest BCUT2D eigenvalue weighted by Gasteiger charge is 2.30. The van der Waals surface area contributed by atoms with Gasteiger partial charge in [0, 0.05) is 0 Å². The van der Waals surface area contributed by atoms with Crippen molar-refractivity contribution >= 4 is 7.85 Å². The second-order valence-electron chi connectivity index (χ2n) is 2.84. The molecule has 2 radical (unpaired) electrons. The molecule has 13 heavy (non-hydrogen) atoms. The Morgan fingerprint density at radius 3 is 2.38 bits per heavy atom. The summed E-state index contributed by atoms with van der Waals surface area (Å²) in [6.07, 6.45) is -4.15. The van der Waals surface area contributed by atoms with E-state index in [0.717, 1.165) is 17.7 Å². The Labute approximate surface area is 76.2 Å². The lowest BCUT2D eigenvalue weighted by molar-refractivity contribution is -0.137. The first-order chi connectivity index (χ1) is 5.95. The first-order valence-corrected chi connectivity index (χ1v) is 3.82. The fourth-order valence-corrected chi connectivity index (χ4v) is 1.07. The fourth-order valence-electron chi connectivity index (χ4n) is 1.07. The highest BCUT2D eigenvalue weighted by molar-refractivity contribution is 6.08. The van der Waals surface area contributed by atoms with E-state index in [2.05, 4.69) is 0 Å². The van der Waals surface area contributed by atoms with Crippen LogP contribution in [0, 0.1) is 6.92 Å². The molecule has 0 spiro atoms. The Kier molecular flexibility index (Phi) is 2.69.